The molecule has 0 radical (unpaired) electrons. The van der Waals surface area contributed by atoms with Crippen molar-refractivity contribution in [2.45, 2.75) is 26.8 Å². The lowest BCUT2D eigenvalue weighted by Crippen LogP contribution is -2.20. The molecule has 0 saturated heterocycles. The Morgan fingerprint density at radius 2 is 2.05 bits per heavy atom. The van der Waals surface area contributed by atoms with Crippen LogP contribution in [0.2, 0.25) is 0 Å². The van der Waals surface area contributed by atoms with Crippen LogP contribution in [0.15, 0.2) is 29.1 Å². The predicted molar refractivity (Wildman–Crippen MR) is 75.9 cm³/mol. The van der Waals surface area contributed by atoms with E-state index < -0.39 is 11.8 Å². The molecule has 2 aromatic rings. The van der Waals surface area contributed by atoms with Crippen molar-refractivity contribution in [3.63, 3.8) is 0 Å². The number of aromatic nitrogens is 2. The number of ether oxygens (including phenoxy) is 1. The molecule has 0 aliphatic heterocycles. The van der Waals surface area contributed by atoms with E-state index in [4.69, 9.17) is 4.74 Å². The molecule has 0 amide bonds. The summed E-state index contributed by atoms with van der Waals surface area (Å²) in [5.74, 6) is -0.964. The lowest BCUT2D eigenvalue weighted by atomic mass is 10.2. The molecule has 21 heavy (non-hydrogen) atoms. The van der Waals surface area contributed by atoms with Crippen molar-refractivity contribution < 1.29 is 13.9 Å². The molecule has 2 rings (SSSR count). The topological polar surface area (TPSA) is 64.1 Å². The van der Waals surface area contributed by atoms with Crippen LogP contribution in [0.25, 0.3) is 0 Å². The fourth-order valence-corrected chi connectivity index (χ4v) is 2.13. The van der Waals surface area contributed by atoms with Crippen molar-refractivity contribution in [3.8, 4) is 0 Å². The van der Waals surface area contributed by atoms with Gasteiger partial charge in [0, 0.05) is 5.56 Å². The predicted octanol–water partition coefficient (Wildman–Crippen LogP) is 2.10. The first kappa shape index (κ1) is 15.0. The Morgan fingerprint density at radius 3 is 2.67 bits per heavy atom. The maximum absolute atomic E-state index is 13.7. The molecule has 1 aromatic carbocycles. The van der Waals surface area contributed by atoms with E-state index in [-0.39, 0.29) is 24.4 Å². The standard InChI is InChI=1S/C15H17FN2O3/c1-3-11-13(15(20)21-4-2)17-18(14(11)19)9-10-7-5-6-8-12(10)16/h5-8,17H,3-4,9H2,1-2H3. The van der Waals surface area contributed by atoms with Crippen LogP contribution in [0.3, 0.4) is 0 Å². The molecule has 1 N–H and O–H groups in total. The van der Waals surface area contributed by atoms with E-state index in [0.29, 0.717) is 17.5 Å². The first-order chi connectivity index (χ1) is 10.1. The molecule has 6 heteroatoms. The van der Waals surface area contributed by atoms with Crippen molar-refractivity contribution in [2.24, 2.45) is 0 Å². The van der Waals surface area contributed by atoms with Gasteiger partial charge in [-0.1, -0.05) is 25.1 Å². The summed E-state index contributed by atoms with van der Waals surface area (Å²) in [7, 11) is 0. The minimum absolute atomic E-state index is 0.0396. The van der Waals surface area contributed by atoms with E-state index in [1.165, 1.54) is 10.7 Å². The van der Waals surface area contributed by atoms with Crippen LogP contribution in [0.5, 0.6) is 0 Å². The van der Waals surface area contributed by atoms with Gasteiger partial charge in [0.1, 0.15) is 11.5 Å². The Kier molecular flexibility index (Phi) is 4.57. The summed E-state index contributed by atoms with van der Waals surface area (Å²) in [4.78, 5) is 24.1. The number of nitrogens with one attached hydrogen (secondary N) is 1. The third kappa shape index (κ3) is 3.04. The molecule has 1 aromatic heterocycles. The van der Waals surface area contributed by atoms with Gasteiger partial charge in [0.15, 0.2) is 0 Å². The summed E-state index contributed by atoms with van der Waals surface area (Å²) in [6.45, 7) is 3.74. The Labute approximate surface area is 121 Å². The maximum Gasteiger partial charge on any atom is 0.356 e. The minimum Gasteiger partial charge on any atom is -0.461 e. The van der Waals surface area contributed by atoms with Crippen LogP contribution in [0, 0.1) is 5.82 Å². The second-order valence-electron chi connectivity index (χ2n) is 4.52. The van der Waals surface area contributed by atoms with Gasteiger partial charge in [0.25, 0.3) is 5.56 Å². The Balaban J connectivity index is 2.40. The summed E-state index contributed by atoms with van der Waals surface area (Å²) in [6.07, 6.45) is 0.397. The van der Waals surface area contributed by atoms with Gasteiger partial charge >= 0.3 is 5.97 Å². The molecule has 0 atom stereocenters. The van der Waals surface area contributed by atoms with Gasteiger partial charge in [-0.15, -0.1) is 0 Å². The molecule has 0 aliphatic carbocycles. The average molecular weight is 292 g/mol. The SMILES string of the molecule is CCOC(=O)c1[nH]n(Cc2ccccc2F)c(=O)c1CC. The first-order valence-electron chi connectivity index (χ1n) is 6.80. The fourth-order valence-electron chi connectivity index (χ4n) is 2.13. The number of rotatable bonds is 5. The second kappa shape index (κ2) is 6.39. The molecule has 0 spiro atoms. The summed E-state index contributed by atoms with van der Waals surface area (Å²) in [6, 6.07) is 6.20. The zero-order valence-electron chi connectivity index (χ0n) is 12.0. The summed E-state index contributed by atoms with van der Waals surface area (Å²) >= 11 is 0. The minimum atomic E-state index is -0.571. The number of benzene rings is 1. The molecular formula is C15H17FN2O3. The monoisotopic (exact) mass is 292 g/mol. The fraction of sp³-hybridized carbons (Fsp3) is 0.333. The Hall–Kier alpha value is -2.37. The van der Waals surface area contributed by atoms with Gasteiger partial charge in [-0.05, 0) is 19.4 Å². The Morgan fingerprint density at radius 1 is 1.33 bits per heavy atom. The lowest BCUT2D eigenvalue weighted by molar-refractivity contribution is 0.0517. The third-order valence-corrected chi connectivity index (χ3v) is 3.17. The third-order valence-electron chi connectivity index (χ3n) is 3.17. The number of hydrogen-bond donors (Lipinski definition) is 1. The smallest absolute Gasteiger partial charge is 0.356 e. The summed E-state index contributed by atoms with van der Waals surface area (Å²) < 4.78 is 19.8. The highest BCUT2D eigenvalue weighted by atomic mass is 19.1. The number of esters is 1. The largest absolute Gasteiger partial charge is 0.461 e. The number of carbonyl (C=O) groups excluding carboxylic acids is 1. The highest BCUT2D eigenvalue weighted by Gasteiger charge is 2.20. The van der Waals surface area contributed by atoms with Gasteiger partial charge in [-0.3, -0.25) is 9.89 Å². The lowest BCUT2D eigenvalue weighted by Gasteiger charge is -2.03. The summed E-state index contributed by atoms with van der Waals surface area (Å²) in [5, 5.41) is 2.72. The molecule has 1 heterocycles. The van der Waals surface area contributed by atoms with Gasteiger partial charge < -0.3 is 4.74 Å². The van der Waals surface area contributed by atoms with Gasteiger partial charge in [-0.2, -0.15) is 0 Å². The first-order valence-corrected chi connectivity index (χ1v) is 6.80. The molecular weight excluding hydrogens is 275 g/mol. The molecule has 112 valence electrons. The van der Waals surface area contributed by atoms with E-state index >= 15 is 0 Å². The number of aromatic amines is 1. The number of nitrogens with zero attached hydrogens (tertiary/aromatic N) is 1. The van der Waals surface area contributed by atoms with Crippen molar-refractivity contribution in [3.05, 3.63) is 57.3 Å². The van der Waals surface area contributed by atoms with Crippen LogP contribution >= 0.6 is 0 Å². The van der Waals surface area contributed by atoms with Gasteiger partial charge in [0.05, 0.1) is 18.7 Å². The quantitative estimate of drug-likeness (QED) is 0.858. The molecule has 5 nitrogen and oxygen atoms in total. The molecule has 0 fully saturated rings. The second-order valence-corrected chi connectivity index (χ2v) is 4.52. The maximum atomic E-state index is 13.7. The van der Waals surface area contributed by atoms with Crippen LogP contribution in [-0.2, 0) is 17.7 Å². The molecule has 0 saturated carbocycles. The number of hydrogen-bond acceptors (Lipinski definition) is 3. The van der Waals surface area contributed by atoms with E-state index in [0.717, 1.165) is 0 Å². The van der Waals surface area contributed by atoms with Crippen molar-refractivity contribution in [1.82, 2.24) is 9.78 Å². The van der Waals surface area contributed by atoms with Crippen molar-refractivity contribution in [2.75, 3.05) is 6.61 Å². The highest BCUT2D eigenvalue weighted by Crippen LogP contribution is 2.10. The van der Waals surface area contributed by atoms with Gasteiger partial charge in [0.2, 0.25) is 0 Å². The van der Waals surface area contributed by atoms with Crippen LogP contribution in [0.4, 0.5) is 4.39 Å². The average Bonchev–Trinajstić information content (AvgIpc) is 2.78. The zero-order valence-corrected chi connectivity index (χ0v) is 12.0. The molecule has 0 unspecified atom stereocenters. The molecule has 0 bridgehead atoms. The number of carbonyl (C=O) groups is 1. The number of H-pyrrole nitrogens is 1. The van der Waals surface area contributed by atoms with E-state index in [2.05, 4.69) is 5.10 Å². The van der Waals surface area contributed by atoms with Crippen molar-refractivity contribution in [1.29, 1.82) is 0 Å². The summed E-state index contributed by atoms with van der Waals surface area (Å²) in [5.41, 5.74) is 0.535. The highest BCUT2D eigenvalue weighted by molar-refractivity contribution is 5.88. The van der Waals surface area contributed by atoms with Crippen molar-refractivity contribution >= 4 is 5.97 Å². The van der Waals surface area contributed by atoms with E-state index in [1.54, 1.807) is 32.0 Å². The van der Waals surface area contributed by atoms with Crippen LogP contribution in [-0.4, -0.2) is 22.4 Å². The van der Waals surface area contributed by atoms with Crippen LogP contribution in [0.1, 0.15) is 35.5 Å². The van der Waals surface area contributed by atoms with E-state index in [1.807, 2.05) is 0 Å². The number of halogens is 1. The zero-order chi connectivity index (χ0) is 15.4. The van der Waals surface area contributed by atoms with E-state index in [9.17, 15) is 14.0 Å². The van der Waals surface area contributed by atoms with Gasteiger partial charge in [-0.25, -0.2) is 13.9 Å². The van der Waals surface area contributed by atoms with Crippen LogP contribution < -0.4 is 5.56 Å². The Bertz CT molecular complexity index is 703. The molecule has 0 aliphatic rings. The normalized spacial score (nSPS) is 10.6.